The highest BCUT2D eigenvalue weighted by atomic mass is 19.4. The van der Waals surface area contributed by atoms with Crippen LogP contribution in [0, 0.1) is 11.6 Å². The van der Waals surface area contributed by atoms with E-state index in [-0.39, 0.29) is 29.5 Å². The van der Waals surface area contributed by atoms with Crippen molar-refractivity contribution in [3.05, 3.63) is 65.6 Å². The lowest BCUT2D eigenvalue weighted by Gasteiger charge is -2.23. The first-order valence-electron chi connectivity index (χ1n) is 9.27. The monoisotopic (exact) mass is 438 g/mol. The molecule has 0 aliphatic carbocycles. The number of carbonyl (C=O) groups is 1. The molecule has 1 atom stereocenters. The summed E-state index contributed by atoms with van der Waals surface area (Å²) in [6.07, 6.45) is -3.64. The summed E-state index contributed by atoms with van der Waals surface area (Å²) in [7, 11) is 0. The van der Waals surface area contributed by atoms with Gasteiger partial charge in [-0.15, -0.1) is 0 Å². The Morgan fingerprint density at radius 2 is 1.94 bits per heavy atom. The van der Waals surface area contributed by atoms with Gasteiger partial charge in [0, 0.05) is 12.6 Å². The second kappa shape index (κ2) is 7.97. The molecule has 1 saturated heterocycles. The van der Waals surface area contributed by atoms with Gasteiger partial charge in [0.1, 0.15) is 17.7 Å². The van der Waals surface area contributed by atoms with Crippen LogP contribution in [0.4, 0.5) is 32.4 Å². The van der Waals surface area contributed by atoms with Crippen LogP contribution in [0.2, 0.25) is 0 Å². The van der Waals surface area contributed by atoms with Gasteiger partial charge in [0.2, 0.25) is 11.7 Å². The average Bonchev–Trinajstić information content (AvgIpc) is 3.37. The van der Waals surface area contributed by atoms with Crippen LogP contribution in [0.1, 0.15) is 30.3 Å². The fourth-order valence-electron chi connectivity index (χ4n) is 3.44. The van der Waals surface area contributed by atoms with Crippen LogP contribution in [0.15, 0.2) is 47.0 Å². The smallest absolute Gasteiger partial charge is 0.337 e. The minimum Gasteiger partial charge on any atom is -0.337 e. The lowest BCUT2D eigenvalue weighted by Crippen LogP contribution is -2.35. The van der Waals surface area contributed by atoms with Gasteiger partial charge >= 0.3 is 12.2 Å². The highest BCUT2D eigenvalue weighted by Gasteiger charge is 2.37. The maximum absolute atomic E-state index is 14.0. The van der Waals surface area contributed by atoms with Gasteiger partial charge in [-0.3, -0.25) is 0 Å². The number of nitrogens with one attached hydrogen (secondary N) is 1. The summed E-state index contributed by atoms with van der Waals surface area (Å²) in [5.41, 5.74) is -1.42. The van der Waals surface area contributed by atoms with E-state index in [0.29, 0.717) is 18.9 Å². The molecule has 6 nitrogen and oxygen atoms in total. The van der Waals surface area contributed by atoms with Crippen molar-refractivity contribution >= 4 is 11.7 Å². The molecular weight excluding hydrogens is 423 g/mol. The molecule has 1 N–H and O–H groups in total. The fraction of sp³-hybridized carbons (Fsp3) is 0.250. The van der Waals surface area contributed by atoms with Crippen molar-refractivity contribution in [2.45, 2.75) is 25.1 Å². The number of aromatic nitrogens is 2. The molecule has 0 saturated carbocycles. The predicted molar refractivity (Wildman–Crippen MR) is 98.8 cm³/mol. The number of likely N-dealkylation sites (tertiary alicyclic amines) is 1. The number of carbonyl (C=O) groups excluding carboxylic acids is 1. The Morgan fingerprint density at radius 1 is 1.16 bits per heavy atom. The molecule has 2 heterocycles. The Bertz CT molecular complexity index is 1110. The number of halogens is 5. The Labute approximate surface area is 172 Å². The third-order valence-corrected chi connectivity index (χ3v) is 4.89. The minimum atomic E-state index is -4.63. The number of benzene rings is 2. The zero-order valence-corrected chi connectivity index (χ0v) is 15.8. The van der Waals surface area contributed by atoms with Crippen LogP contribution < -0.4 is 5.32 Å². The summed E-state index contributed by atoms with van der Waals surface area (Å²) in [5.74, 6) is -1.75. The standard InChI is InChI=1S/C20H15F5N4O2/c21-11-7-8-12(14(22)10-11)17-27-18(31-28-17)16-6-3-9-29(16)19(30)26-15-5-2-1-4-13(15)20(23,24)25/h1-2,4-5,7-8,10,16H,3,6,9H2,(H,26,30)/t16-/m1/s1. The van der Waals surface area contributed by atoms with Crippen molar-refractivity contribution in [3.8, 4) is 11.4 Å². The molecule has 31 heavy (non-hydrogen) atoms. The number of hydrogen-bond acceptors (Lipinski definition) is 4. The van der Waals surface area contributed by atoms with Crippen LogP contribution >= 0.6 is 0 Å². The molecule has 1 aromatic heterocycles. The fourth-order valence-corrected chi connectivity index (χ4v) is 3.44. The van der Waals surface area contributed by atoms with Crippen LogP contribution in [-0.4, -0.2) is 27.6 Å². The van der Waals surface area contributed by atoms with Crippen molar-refractivity contribution in [3.63, 3.8) is 0 Å². The summed E-state index contributed by atoms with van der Waals surface area (Å²) in [5, 5.41) is 5.98. The van der Waals surface area contributed by atoms with Gasteiger partial charge in [-0.25, -0.2) is 13.6 Å². The van der Waals surface area contributed by atoms with Crippen LogP contribution in [0.25, 0.3) is 11.4 Å². The molecule has 0 radical (unpaired) electrons. The van der Waals surface area contributed by atoms with Crippen molar-refractivity contribution in [2.24, 2.45) is 0 Å². The number of para-hydroxylation sites is 1. The molecule has 0 spiro atoms. The van der Waals surface area contributed by atoms with E-state index in [4.69, 9.17) is 4.52 Å². The first-order valence-corrected chi connectivity index (χ1v) is 9.27. The zero-order chi connectivity index (χ0) is 22.2. The Balaban J connectivity index is 1.55. The Hall–Kier alpha value is -3.50. The Morgan fingerprint density at radius 3 is 2.68 bits per heavy atom. The van der Waals surface area contributed by atoms with E-state index in [2.05, 4.69) is 15.5 Å². The zero-order valence-electron chi connectivity index (χ0n) is 15.8. The second-order valence-corrected chi connectivity index (χ2v) is 6.91. The second-order valence-electron chi connectivity index (χ2n) is 6.91. The van der Waals surface area contributed by atoms with Gasteiger partial charge in [-0.05, 0) is 37.1 Å². The first-order chi connectivity index (χ1) is 14.7. The highest BCUT2D eigenvalue weighted by Crippen LogP contribution is 2.36. The number of hydrogen-bond donors (Lipinski definition) is 1. The third kappa shape index (κ3) is 4.21. The quantitative estimate of drug-likeness (QED) is 0.556. The molecule has 4 rings (SSSR count). The van der Waals surface area contributed by atoms with Crippen molar-refractivity contribution in [1.29, 1.82) is 0 Å². The van der Waals surface area contributed by atoms with Crippen LogP contribution in [-0.2, 0) is 6.18 Å². The maximum Gasteiger partial charge on any atom is 0.418 e. The molecule has 0 bridgehead atoms. The van der Waals surface area contributed by atoms with Gasteiger partial charge in [-0.1, -0.05) is 17.3 Å². The third-order valence-electron chi connectivity index (χ3n) is 4.89. The lowest BCUT2D eigenvalue weighted by atomic mass is 10.1. The van der Waals surface area contributed by atoms with E-state index in [1.54, 1.807) is 0 Å². The SMILES string of the molecule is O=C(Nc1ccccc1C(F)(F)F)N1CCC[C@@H]1c1nc(-c2ccc(F)cc2F)no1. The number of urea groups is 1. The maximum atomic E-state index is 14.0. The number of amides is 2. The summed E-state index contributed by atoms with van der Waals surface area (Å²) in [6.45, 7) is 0.257. The minimum absolute atomic E-state index is 0.00971. The molecular formula is C20H15F5N4O2. The molecule has 2 aromatic carbocycles. The number of nitrogens with zero attached hydrogens (tertiary/aromatic N) is 3. The van der Waals surface area contributed by atoms with Crippen molar-refractivity contribution < 1.29 is 31.3 Å². The molecule has 0 unspecified atom stereocenters. The number of anilines is 1. The lowest BCUT2D eigenvalue weighted by molar-refractivity contribution is -0.136. The summed E-state index contributed by atoms with van der Waals surface area (Å²) >= 11 is 0. The molecule has 162 valence electrons. The van der Waals surface area contributed by atoms with Gasteiger partial charge in [0.15, 0.2) is 0 Å². The molecule has 2 amide bonds. The van der Waals surface area contributed by atoms with Gasteiger partial charge in [0.05, 0.1) is 16.8 Å². The molecule has 1 aliphatic heterocycles. The van der Waals surface area contributed by atoms with Gasteiger partial charge in [0.25, 0.3) is 0 Å². The first kappa shape index (κ1) is 20.8. The largest absolute Gasteiger partial charge is 0.418 e. The van der Waals surface area contributed by atoms with Gasteiger partial charge < -0.3 is 14.7 Å². The summed E-state index contributed by atoms with van der Waals surface area (Å²) in [6, 6.07) is 6.08. The van der Waals surface area contributed by atoms with Crippen molar-refractivity contribution in [2.75, 3.05) is 11.9 Å². The van der Waals surface area contributed by atoms with E-state index in [0.717, 1.165) is 24.3 Å². The van der Waals surface area contributed by atoms with Crippen LogP contribution in [0.3, 0.4) is 0 Å². The van der Waals surface area contributed by atoms with E-state index in [1.165, 1.54) is 17.0 Å². The predicted octanol–water partition coefficient (Wildman–Crippen LogP) is 5.40. The highest BCUT2D eigenvalue weighted by molar-refractivity contribution is 5.90. The van der Waals surface area contributed by atoms with E-state index in [9.17, 15) is 26.7 Å². The Kier molecular flexibility index (Phi) is 5.34. The summed E-state index contributed by atoms with van der Waals surface area (Å²) in [4.78, 5) is 18.1. The number of alkyl halides is 3. The average molecular weight is 438 g/mol. The summed E-state index contributed by atoms with van der Waals surface area (Å²) < 4.78 is 71.8. The van der Waals surface area contributed by atoms with Crippen LogP contribution in [0.5, 0.6) is 0 Å². The van der Waals surface area contributed by atoms with E-state index < -0.39 is 35.4 Å². The van der Waals surface area contributed by atoms with Crippen molar-refractivity contribution in [1.82, 2.24) is 15.0 Å². The number of rotatable bonds is 3. The molecule has 11 heteroatoms. The van der Waals surface area contributed by atoms with Gasteiger partial charge in [-0.2, -0.15) is 18.2 Å². The molecule has 3 aromatic rings. The molecule has 1 fully saturated rings. The van der Waals surface area contributed by atoms with E-state index >= 15 is 0 Å². The normalized spacial score (nSPS) is 16.5. The van der Waals surface area contributed by atoms with E-state index in [1.807, 2.05) is 0 Å². The molecule has 1 aliphatic rings. The topological polar surface area (TPSA) is 71.3 Å².